The van der Waals surface area contributed by atoms with Gasteiger partial charge >= 0.3 is 0 Å². The van der Waals surface area contributed by atoms with E-state index >= 15 is 0 Å². The average molecular weight is 314 g/mol. The van der Waals surface area contributed by atoms with Gasteiger partial charge < -0.3 is 4.42 Å². The van der Waals surface area contributed by atoms with E-state index in [1.807, 2.05) is 36.4 Å². The number of nitrogens with zero attached hydrogens (tertiary/aromatic N) is 1. The van der Waals surface area contributed by atoms with Gasteiger partial charge in [0.2, 0.25) is 5.89 Å². The maximum Gasteiger partial charge on any atom is 0.258 e. The predicted octanol–water partition coefficient (Wildman–Crippen LogP) is 3.53. The Balaban J connectivity index is 1.87. The highest BCUT2D eigenvalue weighted by Gasteiger charge is 2.26. The number of oxazole rings is 1. The van der Waals surface area contributed by atoms with E-state index in [2.05, 4.69) is 10.3 Å². The molecule has 1 aliphatic rings. The molecule has 0 spiro atoms. The number of hydrogen-bond acceptors (Lipinski definition) is 4. The lowest BCUT2D eigenvalue weighted by atomic mass is 9.92. The lowest BCUT2D eigenvalue weighted by Gasteiger charge is -2.17. The summed E-state index contributed by atoms with van der Waals surface area (Å²) in [5.74, 6) is -0.293. The summed E-state index contributed by atoms with van der Waals surface area (Å²) in [6, 6.07) is 16.4. The Morgan fingerprint density at radius 1 is 0.792 bits per heavy atom. The van der Waals surface area contributed by atoms with Gasteiger partial charge in [0, 0.05) is 22.1 Å². The SMILES string of the molecule is O=C1NC(=O)c2ccc(-c3nc4ccccc4o3)c3cccc1c23. The minimum Gasteiger partial charge on any atom is -0.436 e. The third-order valence-corrected chi connectivity index (χ3v) is 4.28. The topological polar surface area (TPSA) is 72.2 Å². The molecule has 5 nitrogen and oxygen atoms in total. The Morgan fingerprint density at radius 3 is 2.38 bits per heavy atom. The van der Waals surface area contributed by atoms with Gasteiger partial charge in [0.1, 0.15) is 5.52 Å². The number of benzene rings is 3. The summed E-state index contributed by atoms with van der Waals surface area (Å²) in [4.78, 5) is 28.7. The molecular formula is C19H10N2O3. The summed E-state index contributed by atoms with van der Waals surface area (Å²) >= 11 is 0. The standard InChI is InChI=1S/C19H10N2O3/c22-17-12-5-3-4-10-11(8-9-13(16(10)12)18(23)21-17)19-20-14-6-1-2-7-15(14)24-19/h1-9H,(H,21,22,23). The number of aromatic nitrogens is 1. The third-order valence-electron chi connectivity index (χ3n) is 4.28. The molecule has 1 aromatic heterocycles. The molecule has 0 saturated carbocycles. The van der Waals surface area contributed by atoms with E-state index in [-0.39, 0.29) is 11.8 Å². The molecule has 4 aromatic rings. The second-order valence-electron chi connectivity index (χ2n) is 5.66. The van der Waals surface area contributed by atoms with E-state index in [1.54, 1.807) is 18.2 Å². The van der Waals surface area contributed by atoms with Crippen LogP contribution in [0.3, 0.4) is 0 Å². The number of nitrogens with one attached hydrogen (secondary N) is 1. The van der Waals surface area contributed by atoms with Crippen molar-refractivity contribution in [2.45, 2.75) is 0 Å². The van der Waals surface area contributed by atoms with Crippen molar-refractivity contribution in [2.75, 3.05) is 0 Å². The van der Waals surface area contributed by atoms with Crippen LogP contribution in [0, 0.1) is 0 Å². The Kier molecular flexibility index (Phi) is 2.45. The highest BCUT2D eigenvalue weighted by atomic mass is 16.3. The maximum absolute atomic E-state index is 12.1. The first-order valence-corrected chi connectivity index (χ1v) is 7.50. The molecule has 1 aliphatic heterocycles. The summed E-state index contributed by atoms with van der Waals surface area (Å²) in [5.41, 5.74) is 3.19. The fraction of sp³-hybridized carbons (Fsp3) is 0. The number of carbonyl (C=O) groups excluding carboxylic acids is 2. The smallest absolute Gasteiger partial charge is 0.258 e. The highest BCUT2D eigenvalue weighted by molar-refractivity contribution is 6.26. The van der Waals surface area contributed by atoms with Gasteiger partial charge in [0.25, 0.3) is 11.8 Å². The van der Waals surface area contributed by atoms with E-state index in [0.29, 0.717) is 28.0 Å². The number of rotatable bonds is 1. The van der Waals surface area contributed by atoms with Crippen molar-refractivity contribution < 1.29 is 14.0 Å². The van der Waals surface area contributed by atoms with E-state index in [0.717, 1.165) is 16.5 Å². The average Bonchev–Trinajstić information content (AvgIpc) is 3.03. The van der Waals surface area contributed by atoms with Crippen LogP contribution in [0.15, 0.2) is 59.0 Å². The van der Waals surface area contributed by atoms with Crippen LogP contribution < -0.4 is 5.32 Å². The number of hydrogen-bond donors (Lipinski definition) is 1. The number of carbonyl (C=O) groups is 2. The first-order chi connectivity index (χ1) is 11.7. The maximum atomic E-state index is 12.1. The second kappa shape index (κ2) is 4.52. The molecule has 24 heavy (non-hydrogen) atoms. The zero-order valence-corrected chi connectivity index (χ0v) is 12.4. The zero-order valence-electron chi connectivity index (χ0n) is 12.4. The molecule has 0 aliphatic carbocycles. The summed E-state index contributed by atoms with van der Waals surface area (Å²) in [5, 5.41) is 3.78. The lowest BCUT2D eigenvalue weighted by Crippen LogP contribution is -2.34. The molecule has 2 amide bonds. The van der Waals surface area contributed by atoms with Crippen LogP contribution in [-0.4, -0.2) is 16.8 Å². The Hall–Kier alpha value is -3.47. The van der Waals surface area contributed by atoms with Crippen LogP contribution in [0.5, 0.6) is 0 Å². The fourth-order valence-electron chi connectivity index (χ4n) is 3.20. The first kappa shape index (κ1) is 13.0. The molecule has 5 heteroatoms. The van der Waals surface area contributed by atoms with E-state index in [1.165, 1.54) is 0 Å². The van der Waals surface area contributed by atoms with Crippen molar-refractivity contribution in [1.29, 1.82) is 0 Å². The Bertz CT molecular complexity index is 1120. The van der Waals surface area contributed by atoms with Crippen LogP contribution in [0.2, 0.25) is 0 Å². The minimum atomic E-state index is -0.382. The number of para-hydroxylation sites is 2. The van der Waals surface area contributed by atoms with Crippen molar-refractivity contribution in [3.05, 3.63) is 65.7 Å². The lowest BCUT2D eigenvalue weighted by molar-refractivity contribution is 0.0845. The molecule has 0 fully saturated rings. The van der Waals surface area contributed by atoms with Gasteiger partial charge in [-0.2, -0.15) is 0 Å². The minimum absolute atomic E-state index is 0.382. The molecule has 0 radical (unpaired) electrons. The Morgan fingerprint density at radius 2 is 1.54 bits per heavy atom. The monoisotopic (exact) mass is 314 g/mol. The summed E-state index contributed by atoms with van der Waals surface area (Å²) in [6.45, 7) is 0. The van der Waals surface area contributed by atoms with Crippen molar-refractivity contribution in [2.24, 2.45) is 0 Å². The van der Waals surface area contributed by atoms with Crippen LogP contribution in [0.4, 0.5) is 0 Å². The zero-order chi connectivity index (χ0) is 16.3. The first-order valence-electron chi connectivity index (χ1n) is 7.50. The number of fused-ring (bicyclic) bond motifs is 1. The van der Waals surface area contributed by atoms with Crippen LogP contribution in [0.25, 0.3) is 33.3 Å². The largest absolute Gasteiger partial charge is 0.436 e. The van der Waals surface area contributed by atoms with Crippen molar-refractivity contribution in [1.82, 2.24) is 10.3 Å². The van der Waals surface area contributed by atoms with Crippen LogP contribution in [0.1, 0.15) is 20.7 Å². The van der Waals surface area contributed by atoms with E-state index in [4.69, 9.17) is 4.42 Å². The summed E-state index contributed by atoms with van der Waals surface area (Å²) < 4.78 is 5.85. The second-order valence-corrected chi connectivity index (χ2v) is 5.66. The van der Waals surface area contributed by atoms with Gasteiger partial charge in [0.05, 0.1) is 0 Å². The fourth-order valence-corrected chi connectivity index (χ4v) is 3.20. The Labute approximate surface area is 135 Å². The quantitative estimate of drug-likeness (QED) is 0.546. The summed E-state index contributed by atoms with van der Waals surface area (Å²) in [7, 11) is 0. The van der Waals surface area contributed by atoms with Gasteiger partial charge in [-0.1, -0.05) is 24.3 Å². The van der Waals surface area contributed by atoms with E-state index < -0.39 is 0 Å². The molecule has 2 heterocycles. The van der Waals surface area contributed by atoms with Gasteiger partial charge in [-0.3, -0.25) is 14.9 Å². The van der Waals surface area contributed by atoms with Crippen molar-refractivity contribution >= 4 is 33.7 Å². The number of imide groups is 1. The molecular weight excluding hydrogens is 304 g/mol. The van der Waals surface area contributed by atoms with Crippen molar-refractivity contribution in [3.8, 4) is 11.5 Å². The molecule has 0 bridgehead atoms. The summed E-state index contributed by atoms with van der Waals surface area (Å²) in [6.07, 6.45) is 0. The van der Waals surface area contributed by atoms with Gasteiger partial charge in [0.15, 0.2) is 5.58 Å². The van der Waals surface area contributed by atoms with Gasteiger partial charge in [-0.15, -0.1) is 0 Å². The molecule has 3 aromatic carbocycles. The van der Waals surface area contributed by atoms with Gasteiger partial charge in [-0.25, -0.2) is 4.98 Å². The molecule has 0 saturated heterocycles. The number of amides is 2. The molecule has 1 N–H and O–H groups in total. The normalized spacial score (nSPS) is 13.5. The van der Waals surface area contributed by atoms with Crippen molar-refractivity contribution in [3.63, 3.8) is 0 Å². The molecule has 0 unspecified atom stereocenters. The molecule has 0 atom stereocenters. The molecule has 114 valence electrons. The third kappa shape index (κ3) is 1.66. The van der Waals surface area contributed by atoms with Crippen LogP contribution >= 0.6 is 0 Å². The molecule has 5 rings (SSSR count). The predicted molar refractivity (Wildman–Crippen MR) is 88.7 cm³/mol. The van der Waals surface area contributed by atoms with Gasteiger partial charge in [-0.05, 0) is 35.7 Å². The van der Waals surface area contributed by atoms with E-state index in [9.17, 15) is 9.59 Å². The van der Waals surface area contributed by atoms with Crippen LogP contribution in [-0.2, 0) is 0 Å². The highest BCUT2D eigenvalue weighted by Crippen LogP contribution is 2.35.